The van der Waals surface area contributed by atoms with E-state index >= 15 is 0 Å². The molecule has 5 heteroatoms. The number of rotatable bonds is 9. The Morgan fingerprint density at radius 1 is 0.931 bits per heavy atom. The van der Waals surface area contributed by atoms with Crippen LogP contribution in [-0.4, -0.2) is 29.8 Å². The Balaban J connectivity index is 2.09. The summed E-state index contributed by atoms with van der Waals surface area (Å²) in [5, 5.41) is 2.69. The number of carbonyl (C=O) groups is 3. The van der Waals surface area contributed by atoms with E-state index in [1.807, 2.05) is 60.7 Å². The van der Waals surface area contributed by atoms with Crippen molar-refractivity contribution in [3.8, 4) is 0 Å². The van der Waals surface area contributed by atoms with Crippen molar-refractivity contribution in [1.82, 2.24) is 5.32 Å². The van der Waals surface area contributed by atoms with Crippen LogP contribution in [0.4, 0.5) is 4.79 Å². The van der Waals surface area contributed by atoms with Gasteiger partial charge in [0.1, 0.15) is 11.9 Å². The van der Waals surface area contributed by atoms with E-state index in [1.165, 1.54) is 0 Å². The Morgan fingerprint density at radius 2 is 1.45 bits per heavy atom. The maximum Gasteiger partial charge on any atom is 0.408 e. The van der Waals surface area contributed by atoms with E-state index < -0.39 is 23.7 Å². The van der Waals surface area contributed by atoms with Crippen molar-refractivity contribution >= 4 is 18.2 Å². The van der Waals surface area contributed by atoms with Gasteiger partial charge in [0.2, 0.25) is 0 Å². The van der Waals surface area contributed by atoms with Gasteiger partial charge in [0.15, 0.2) is 5.78 Å². The van der Waals surface area contributed by atoms with Gasteiger partial charge in [-0.2, -0.15) is 0 Å². The molecule has 2 unspecified atom stereocenters. The zero-order valence-electron chi connectivity index (χ0n) is 17.3. The number of alkyl carbamates (subject to hydrolysis) is 1. The van der Waals surface area contributed by atoms with Gasteiger partial charge in [0.25, 0.3) is 0 Å². The highest BCUT2D eigenvalue weighted by Crippen LogP contribution is 2.15. The summed E-state index contributed by atoms with van der Waals surface area (Å²) in [5.41, 5.74) is 1.26. The highest BCUT2D eigenvalue weighted by molar-refractivity contribution is 5.89. The Labute approximate surface area is 172 Å². The molecule has 2 aromatic carbocycles. The molecule has 154 valence electrons. The van der Waals surface area contributed by atoms with Crippen LogP contribution in [0.25, 0.3) is 0 Å². The van der Waals surface area contributed by atoms with Crippen LogP contribution in [0.1, 0.15) is 38.3 Å². The average molecular weight is 395 g/mol. The third-order valence-corrected chi connectivity index (χ3v) is 4.36. The lowest BCUT2D eigenvalue weighted by atomic mass is 9.91. The first-order valence-corrected chi connectivity index (χ1v) is 9.82. The zero-order valence-corrected chi connectivity index (χ0v) is 17.3. The van der Waals surface area contributed by atoms with Crippen molar-refractivity contribution < 1.29 is 19.1 Å². The normalized spacial score (nSPS) is 13.2. The molecule has 0 bridgehead atoms. The largest absolute Gasteiger partial charge is 0.444 e. The molecule has 0 saturated heterocycles. The Kier molecular flexibility index (Phi) is 8.13. The van der Waals surface area contributed by atoms with Gasteiger partial charge in [0.05, 0.1) is 6.04 Å². The highest BCUT2D eigenvalue weighted by Gasteiger charge is 2.26. The molecule has 0 aliphatic carbocycles. The van der Waals surface area contributed by atoms with Crippen molar-refractivity contribution in [2.45, 2.75) is 51.7 Å². The lowest BCUT2D eigenvalue weighted by Crippen LogP contribution is -2.45. The molecule has 2 aromatic rings. The summed E-state index contributed by atoms with van der Waals surface area (Å²) < 4.78 is 5.31. The number of ether oxygens (including phenoxy) is 1. The third kappa shape index (κ3) is 8.30. The first kappa shape index (κ1) is 22.3. The Bertz CT molecular complexity index is 797. The fourth-order valence-corrected chi connectivity index (χ4v) is 3.03. The van der Waals surface area contributed by atoms with E-state index in [0.717, 1.165) is 17.4 Å². The van der Waals surface area contributed by atoms with Crippen LogP contribution in [0, 0.1) is 5.92 Å². The predicted octanol–water partition coefficient (Wildman–Crippen LogP) is 4.14. The lowest BCUT2D eigenvalue weighted by molar-refractivity contribution is -0.124. The molecule has 0 aliphatic heterocycles. The molecule has 29 heavy (non-hydrogen) atoms. The molecule has 2 rings (SSSR count). The van der Waals surface area contributed by atoms with Gasteiger partial charge in [-0.25, -0.2) is 4.79 Å². The molecule has 2 atom stereocenters. The topological polar surface area (TPSA) is 72.5 Å². The highest BCUT2D eigenvalue weighted by atomic mass is 16.6. The zero-order chi connectivity index (χ0) is 21.3. The van der Waals surface area contributed by atoms with Gasteiger partial charge in [-0.3, -0.25) is 4.79 Å². The van der Waals surface area contributed by atoms with Crippen LogP contribution in [-0.2, 0) is 27.2 Å². The number of nitrogens with one attached hydrogen (secondary N) is 1. The van der Waals surface area contributed by atoms with Crippen molar-refractivity contribution in [2.75, 3.05) is 0 Å². The summed E-state index contributed by atoms with van der Waals surface area (Å²) >= 11 is 0. The minimum Gasteiger partial charge on any atom is -0.444 e. The minimum atomic E-state index is -0.759. The summed E-state index contributed by atoms with van der Waals surface area (Å²) in [5.74, 6) is -0.628. The van der Waals surface area contributed by atoms with Crippen LogP contribution in [0.3, 0.4) is 0 Å². The summed E-state index contributed by atoms with van der Waals surface area (Å²) in [6.45, 7) is 5.30. The molecular weight excluding hydrogens is 366 g/mol. The van der Waals surface area contributed by atoms with Crippen LogP contribution in [0.2, 0.25) is 0 Å². The van der Waals surface area contributed by atoms with Gasteiger partial charge < -0.3 is 14.8 Å². The van der Waals surface area contributed by atoms with E-state index in [-0.39, 0.29) is 12.2 Å². The third-order valence-electron chi connectivity index (χ3n) is 4.36. The number of carbonyl (C=O) groups excluding carboxylic acids is 3. The first-order valence-electron chi connectivity index (χ1n) is 9.82. The van der Waals surface area contributed by atoms with E-state index in [9.17, 15) is 14.4 Å². The monoisotopic (exact) mass is 395 g/mol. The van der Waals surface area contributed by atoms with Gasteiger partial charge >= 0.3 is 6.09 Å². The van der Waals surface area contributed by atoms with Crippen LogP contribution >= 0.6 is 0 Å². The van der Waals surface area contributed by atoms with Crippen molar-refractivity contribution in [3.63, 3.8) is 0 Å². The summed E-state index contributed by atoms with van der Waals surface area (Å²) in [7, 11) is 0. The van der Waals surface area contributed by atoms with Crippen LogP contribution in [0.15, 0.2) is 60.7 Å². The SMILES string of the molecule is CC(C)(C)OC(=O)NC(Cc1ccccc1)C(=O)CC(C=O)Cc1ccccc1. The van der Waals surface area contributed by atoms with Gasteiger partial charge in [0, 0.05) is 12.3 Å². The van der Waals surface area contributed by atoms with Gasteiger partial charge in [-0.05, 0) is 44.7 Å². The molecule has 1 N–H and O–H groups in total. The maximum atomic E-state index is 13.0. The smallest absolute Gasteiger partial charge is 0.408 e. The molecule has 1 amide bonds. The first-order chi connectivity index (χ1) is 13.8. The molecule has 0 spiro atoms. The number of benzene rings is 2. The fourth-order valence-electron chi connectivity index (χ4n) is 3.03. The van der Waals surface area contributed by atoms with Crippen LogP contribution < -0.4 is 5.32 Å². The lowest BCUT2D eigenvalue weighted by Gasteiger charge is -2.24. The molecule has 0 saturated carbocycles. The standard InChI is InChI=1S/C24H29NO4/c1-24(2,3)29-23(28)25-21(15-19-12-8-5-9-13-19)22(27)16-20(17-26)14-18-10-6-4-7-11-18/h4-13,17,20-21H,14-16H2,1-3H3,(H,25,28). The second-order valence-corrected chi connectivity index (χ2v) is 8.14. The molecule has 5 nitrogen and oxygen atoms in total. The van der Waals surface area contributed by atoms with Crippen molar-refractivity contribution in [3.05, 3.63) is 71.8 Å². The number of Topliss-reactive ketones (excluding diaryl/α,β-unsaturated/α-hetero) is 1. The molecule has 0 heterocycles. The van der Waals surface area contributed by atoms with Crippen LogP contribution in [0.5, 0.6) is 0 Å². The summed E-state index contributed by atoms with van der Waals surface area (Å²) in [6, 6.07) is 18.3. The summed E-state index contributed by atoms with van der Waals surface area (Å²) in [4.78, 5) is 36.8. The van der Waals surface area contributed by atoms with Crippen molar-refractivity contribution in [2.24, 2.45) is 5.92 Å². The second kappa shape index (κ2) is 10.6. The van der Waals surface area contributed by atoms with Gasteiger partial charge in [-0.15, -0.1) is 0 Å². The molecule has 0 aromatic heterocycles. The maximum absolute atomic E-state index is 13.0. The number of hydrogen-bond donors (Lipinski definition) is 1. The molecule has 0 radical (unpaired) electrons. The van der Waals surface area contributed by atoms with E-state index in [4.69, 9.17) is 4.74 Å². The summed E-state index contributed by atoms with van der Waals surface area (Å²) in [6.07, 6.45) is 1.07. The average Bonchev–Trinajstić information content (AvgIpc) is 2.67. The van der Waals surface area contributed by atoms with Crippen molar-refractivity contribution in [1.29, 1.82) is 0 Å². The van der Waals surface area contributed by atoms with E-state index in [1.54, 1.807) is 20.8 Å². The quantitative estimate of drug-likeness (QED) is 0.648. The Hall–Kier alpha value is -2.95. The number of ketones is 1. The molecule has 0 fully saturated rings. The predicted molar refractivity (Wildman–Crippen MR) is 113 cm³/mol. The second-order valence-electron chi connectivity index (χ2n) is 8.14. The number of hydrogen-bond acceptors (Lipinski definition) is 4. The van der Waals surface area contributed by atoms with E-state index in [0.29, 0.717) is 12.8 Å². The Morgan fingerprint density at radius 3 is 1.93 bits per heavy atom. The fraction of sp³-hybridized carbons (Fsp3) is 0.375. The van der Waals surface area contributed by atoms with Gasteiger partial charge in [-0.1, -0.05) is 60.7 Å². The number of amides is 1. The molecule has 0 aliphatic rings. The van der Waals surface area contributed by atoms with E-state index in [2.05, 4.69) is 5.32 Å². The minimum absolute atomic E-state index is 0.0612. The molecular formula is C24H29NO4. The number of aldehydes is 1.